The molecule has 0 bridgehead atoms. The predicted octanol–water partition coefficient (Wildman–Crippen LogP) is 2.80. The summed E-state index contributed by atoms with van der Waals surface area (Å²) in [6.07, 6.45) is -1.01. The second kappa shape index (κ2) is 5.33. The molecule has 96 valence electrons. The first-order chi connectivity index (χ1) is 9.11. The molecular weight excluding hydrogens is 248 g/mol. The van der Waals surface area contributed by atoms with E-state index in [1.165, 1.54) is 12.1 Å². The summed E-state index contributed by atoms with van der Waals surface area (Å²) in [5.41, 5.74) is 0.668. The zero-order valence-electron chi connectivity index (χ0n) is 9.81. The van der Waals surface area contributed by atoms with E-state index in [1.807, 2.05) is 6.07 Å². The molecule has 6 nitrogen and oxygen atoms in total. The third-order valence-electron chi connectivity index (χ3n) is 2.60. The Kier molecular flexibility index (Phi) is 3.59. The van der Waals surface area contributed by atoms with E-state index >= 15 is 0 Å². The fourth-order valence-corrected chi connectivity index (χ4v) is 1.62. The Labute approximate surface area is 108 Å². The van der Waals surface area contributed by atoms with E-state index in [0.717, 1.165) is 0 Å². The van der Waals surface area contributed by atoms with Crippen LogP contribution in [0.5, 0.6) is 0 Å². The summed E-state index contributed by atoms with van der Waals surface area (Å²) in [6.45, 7) is 0. The van der Waals surface area contributed by atoms with Gasteiger partial charge in [-0.3, -0.25) is 10.1 Å². The number of nitriles is 1. The molecule has 19 heavy (non-hydrogen) atoms. The Hall–Kier alpha value is -2.65. The molecule has 0 saturated carbocycles. The van der Waals surface area contributed by atoms with E-state index in [9.17, 15) is 15.2 Å². The summed E-state index contributed by atoms with van der Waals surface area (Å²) in [5.74, 6) is 0.789. The minimum atomic E-state index is -0.961. The van der Waals surface area contributed by atoms with Crippen LogP contribution in [0.3, 0.4) is 0 Å². The molecule has 0 saturated heterocycles. The lowest BCUT2D eigenvalue weighted by Gasteiger charge is -2.01. The van der Waals surface area contributed by atoms with Gasteiger partial charge in [0.05, 0.1) is 17.4 Å². The second-order valence-corrected chi connectivity index (χ2v) is 3.88. The molecule has 0 unspecified atom stereocenters. The van der Waals surface area contributed by atoms with Gasteiger partial charge in [0.15, 0.2) is 0 Å². The lowest BCUT2D eigenvalue weighted by Crippen LogP contribution is -1.92. The van der Waals surface area contributed by atoms with Crippen LogP contribution in [0.4, 0.5) is 5.69 Å². The number of rotatable bonds is 4. The molecule has 0 radical (unpaired) electrons. The number of furan rings is 1. The topological polar surface area (TPSA) is 100 Å². The van der Waals surface area contributed by atoms with Crippen molar-refractivity contribution in [2.24, 2.45) is 0 Å². The van der Waals surface area contributed by atoms with Crippen molar-refractivity contribution < 1.29 is 14.4 Å². The average molecular weight is 258 g/mol. The highest BCUT2D eigenvalue weighted by Gasteiger charge is 2.13. The van der Waals surface area contributed by atoms with E-state index in [-0.39, 0.29) is 12.1 Å². The number of aliphatic hydroxyl groups excluding tert-OH is 1. The van der Waals surface area contributed by atoms with Crippen molar-refractivity contribution >= 4 is 5.69 Å². The van der Waals surface area contributed by atoms with Crippen molar-refractivity contribution in [3.05, 3.63) is 52.3 Å². The van der Waals surface area contributed by atoms with E-state index in [4.69, 9.17) is 9.68 Å². The van der Waals surface area contributed by atoms with Crippen LogP contribution >= 0.6 is 0 Å². The van der Waals surface area contributed by atoms with E-state index < -0.39 is 11.0 Å². The number of nitro benzene ring substituents is 1. The first-order valence-corrected chi connectivity index (χ1v) is 5.51. The van der Waals surface area contributed by atoms with Gasteiger partial charge in [0.25, 0.3) is 5.69 Å². The molecule has 1 aromatic heterocycles. The highest BCUT2D eigenvalue weighted by Crippen LogP contribution is 2.27. The number of aliphatic hydroxyl groups is 1. The minimum absolute atomic E-state index is 0.0000415. The standard InChI is InChI=1S/C13H10N2O4/c14-8-7-11(16)13-6-5-12(19-13)9-1-3-10(4-2-9)15(17)18/h1-6,11,16H,7H2/t11-/m1/s1. The minimum Gasteiger partial charge on any atom is -0.458 e. The number of nitro groups is 1. The summed E-state index contributed by atoms with van der Waals surface area (Å²) in [4.78, 5) is 10.1. The maximum atomic E-state index is 10.5. The molecule has 0 aliphatic heterocycles. The molecule has 0 spiro atoms. The van der Waals surface area contributed by atoms with Crippen LogP contribution < -0.4 is 0 Å². The van der Waals surface area contributed by atoms with Gasteiger partial charge in [-0.25, -0.2) is 0 Å². The van der Waals surface area contributed by atoms with Crippen molar-refractivity contribution in [2.45, 2.75) is 12.5 Å². The quantitative estimate of drug-likeness (QED) is 0.671. The normalized spacial score (nSPS) is 11.8. The molecule has 1 aromatic carbocycles. The van der Waals surface area contributed by atoms with Crippen LogP contribution in [0.15, 0.2) is 40.8 Å². The molecule has 0 aliphatic carbocycles. The Morgan fingerprint density at radius 2 is 2.00 bits per heavy atom. The van der Waals surface area contributed by atoms with Gasteiger partial charge < -0.3 is 9.52 Å². The zero-order valence-corrected chi connectivity index (χ0v) is 9.81. The summed E-state index contributed by atoms with van der Waals surface area (Å²) >= 11 is 0. The van der Waals surface area contributed by atoms with Gasteiger partial charge in [-0.2, -0.15) is 5.26 Å². The molecule has 0 fully saturated rings. The summed E-state index contributed by atoms with van der Waals surface area (Å²) in [5, 5.41) is 28.6. The molecule has 6 heteroatoms. The number of hydrogen-bond acceptors (Lipinski definition) is 5. The predicted molar refractivity (Wildman–Crippen MR) is 66.0 cm³/mol. The number of nitrogens with zero attached hydrogens (tertiary/aromatic N) is 2. The lowest BCUT2D eigenvalue weighted by atomic mass is 10.1. The largest absolute Gasteiger partial charge is 0.458 e. The fourth-order valence-electron chi connectivity index (χ4n) is 1.62. The van der Waals surface area contributed by atoms with Gasteiger partial charge >= 0.3 is 0 Å². The molecule has 2 aromatic rings. The number of benzene rings is 1. The fraction of sp³-hybridized carbons (Fsp3) is 0.154. The molecule has 0 amide bonds. The third kappa shape index (κ3) is 2.78. The first kappa shape index (κ1) is 12.8. The summed E-state index contributed by atoms with van der Waals surface area (Å²) in [7, 11) is 0. The number of non-ortho nitro benzene ring substituents is 1. The maximum absolute atomic E-state index is 10.5. The van der Waals surface area contributed by atoms with Crippen LogP contribution in [0.1, 0.15) is 18.3 Å². The Bertz CT molecular complexity index is 625. The summed E-state index contributed by atoms with van der Waals surface area (Å²) in [6, 6.07) is 11.0. The Morgan fingerprint density at radius 3 is 2.58 bits per heavy atom. The highest BCUT2D eigenvalue weighted by atomic mass is 16.6. The smallest absolute Gasteiger partial charge is 0.269 e. The van der Waals surface area contributed by atoms with Crippen molar-refractivity contribution in [1.29, 1.82) is 5.26 Å². The van der Waals surface area contributed by atoms with E-state index in [0.29, 0.717) is 17.1 Å². The van der Waals surface area contributed by atoms with Gasteiger partial charge in [-0.15, -0.1) is 0 Å². The van der Waals surface area contributed by atoms with Crippen LogP contribution in [-0.4, -0.2) is 10.0 Å². The Balaban J connectivity index is 2.23. The van der Waals surface area contributed by atoms with Crippen molar-refractivity contribution in [3.63, 3.8) is 0 Å². The highest BCUT2D eigenvalue weighted by molar-refractivity contribution is 5.59. The Morgan fingerprint density at radius 1 is 1.32 bits per heavy atom. The van der Waals surface area contributed by atoms with Crippen LogP contribution in [0.2, 0.25) is 0 Å². The molecule has 2 rings (SSSR count). The van der Waals surface area contributed by atoms with Gasteiger partial charge in [0, 0.05) is 17.7 Å². The van der Waals surface area contributed by atoms with Crippen LogP contribution in [0.25, 0.3) is 11.3 Å². The molecular formula is C13H10N2O4. The number of hydrogen-bond donors (Lipinski definition) is 1. The van der Waals surface area contributed by atoms with Crippen LogP contribution in [-0.2, 0) is 0 Å². The average Bonchev–Trinajstić information content (AvgIpc) is 2.89. The van der Waals surface area contributed by atoms with Gasteiger partial charge in [-0.1, -0.05) is 0 Å². The first-order valence-electron chi connectivity index (χ1n) is 5.51. The summed E-state index contributed by atoms with van der Waals surface area (Å²) < 4.78 is 5.41. The zero-order chi connectivity index (χ0) is 13.8. The third-order valence-corrected chi connectivity index (χ3v) is 2.60. The molecule has 1 atom stereocenters. The van der Waals surface area contributed by atoms with Gasteiger partial charge in [-0.05, 0) is 24.3 Å². The monoisotopic (exact) mass is 258 g/mol. The van der Waals surface area contributed by atoms with Crippen LogP contribution in [0, 0.1) is 21.4 Å². The molecule has 1 heterocycles. The van der Waals surface area contributed by atoms with Crippen molar-refractivity contribution in [3.8, 4) is 17.4 Å². The lowest BCUT2D eigenvalue weighted by molar-refractivity contribution is -0.384. The molecule has 1 N–H and O–H groups in total. The SMILES string of the molecule is N#CC[C@@H](O)c1ccc(-c2ccc([N+](=O)[O-])cc2)o1. The molecule has 0 aliphatic rings. The van der Waals surface area contributed by atoms with Crippen molar-refractivity contribution in [2.75, 3.05) is 0 Å². The second-order valence-electron chi connectivity index (χ2n) is 3.88. The van der Waals surface area contributed by atoms with Crippen molar-refractivity contribution in [1.82, 2.24) is 0 Å². The maximum Gasteiger partial charge on any atom is 0.269 e. The van der Waals surface area contributed by atoms with Gasteiger partial charge in [0.2, 0.25) is 0 Å². The van der Waals surface area contributed by atoms with Gasteiger partial charge in [0.1, 0.15) is 17.6 Å². The van der Waals surface area contributed by atoms with E-state index in [1.54, 1.807) is 24.3 Å². The van der Waals surface area contributed by atoms with E-state index in [2.05, 4.69) is 0 Å².